The zero-order valence-electron chi connectivity index (χ0n) is 9.37. The van der Waals surface area contributed by atoms with Crippen molar-refractivity contribution < 1.29 is 0 Å². The second kappa shape index (κ2) is 3.63. The van der Waals surface area contributed by atoms with E-state index >= 15 is 0 Å². The number of hydrogen-bond acceptors (Lipinski definition) is 2. The maximum absolute atomic E-state index is 4.46. The van der Waals surface area contributed by atoms with Crippen LogP contribution in [-0.4, -0.2) is 22.6 Å². The summed E-state index contributed by atoms with van der Waals surface area (Å²) in [6.07, 6.45) is 6.13. The number of nitrogens with zero attached hydrogens (tertiary/aromatic N) is 2. The van der Waals surface area contributed by atoms with E-state index in [1.54, 1.807) is 0 Å². The number of rotatable bonds is 1. The molecule has 1 aromatic rings. The molecule has 2 unspecified atom stereocenters. The van der Waals surface area contributed by atoms with E-state index in [2.05, 4.69) is 28.0 Å². The molecule has 1 N–H and O–H groups in total. The van der Waals surface area contributed by atoms with Crippen LogP contribution in [0, 0.1) is 12.8 Å². The van der Waals surface area contributed by atoms with Crippen LogP contribution in [0.1, 0.15) is 36.7 Å². The largest absolute Gasteiger partial charge is 0.332 e. The van der Waals surface area contributed by atoms with Crippen LogP contribution in [0.3, 0.4) is 0 Å². The SMILES string of the molecule is Cc1ncc2n1CCCC2C1CCNC1. The van der Waals surface area contributed by atoms with E-state index in [0.29, 0.717) is 0 Å². The van der Waals surface area contributed by atoms with Crippen molar-refractivity contribution in [1.29, 1.82) is 0 Å². The van der Waals surface area contributed by atoms with Gasteiger partial charge in [-0.2, -0.15) is 0 Å². The lowest BCUT2D eigenvalue weighted by Crippen LogP contribution is -2.23. The summed E-state index contributed by atoms with van der Waals surface area (Å²) >= 11 is 0. The summed E-state index contributed by atoms with van der Waals surface area (Å²) in [7, 11) is 0. The smallest absolute Gasteiger partial charge is 0.105 e. The van der Waals surface area contributed by atoms with Gasteiger partial charge in [0.2, 0.25) is 0 Å². The molecule has 0 aliphatic carbocycles. The molecular weight excluding hydrogens is 186 g/mol. The molecule has 2 aliphatic heterocycles. The molecule has 3 nitrogen and oxygen atoms in total. The van der Waals surface area contributed by atoms with Crippen molar-refractivity contribution in [1.82, 2.24) is 14.9 Å². The number of aromatic nitrogens is 2. The minimum absolute atomic E-state index is 0.759. The van der Waals surface area contributed by atoms with Gasteiger partial charge in [0.15, 0.2) is 0 Å². The Morgan fingerprint density at radius 3 is 3.20 bits per heavy atom. The van der Waals surface area contributed by atoms with E-state index in [1.165, 1.54) is 50.4 Å². The Hall–Kier alpha value is -0.830. The van der Waals surface area contributed by atoms with Crippen molar-refractivity contribution in [2.75, 3.05) is 13.1 Å². The summed E-state index contributed by atoms with van der Waals surface area (Å²) in [6, 6.07) is 0. The predicted octanol–water partition coefficient (Wildman–Crippen LogP) is 1.68. The molecule has 0 spiro atoms. The fourth-order valence-electron chi connectivity index (χ4n) is 3.19. The zero-order valence-corrected chi connectivity index (χ0v) is 9.37. The topological polar surface area (TPSA) is 29.9 Å². The third kappa shape index (κ3) is 1.49. The lowest BCUT2D eigenvalue weighted by Gasteiger charge is -2.29. The highest BCUT2D eigenvalue weighted by Gasteiger charge is 2.30. The van der Waals surface area contributed by atoms with E-state index in [4.69, 9.17) is 0 Å². The van der Waals surface area contributed by atoms with Crippen molar-refractivity contribution in [3.05, 3.63) is 17.7 Å². The maximum atomic E-state index is 4.46. The second-order valence-corrected chi connectivity index (χ2v) is 4.88. The first-order valence-electron chi connectivity index (χ1n) is 6.09. The lowest BCUT2D eigenvalue weighted by atomic mass is 9.83. The van der Waals surface area contributed by atoms with Gasteiger partial charge >= 0.3 is 0 Å². The fourth-order valence-corrected chi connectivity index (χ4v) is 3.19. The highest BCUT2D eigenvalue weighted by molar-refractivity contribution is 5.14. The average molecular weight is 205 g/mol. The minimum atomic E-state index is 0.759. The first kappa shape index (κ1) is 9.40. The molecule has 0 aromatic carbocycles. The molecule has 3 rings (SSSR count). The van der Waals surface area contributed by atoms with Crippen LogP contribution in [0.4, 0.5) is 0 Å². The Labute approximate surface area is 90.9 Å². The van der Waals surface area contributed by atoms with E-state index in [0.717, 1.165) is 11.8 Å². The Balaban J connectivity index is 1.91. The summed E-state index contributed by atoms with van der Waals surface area (Å²) < 4.78 is 2.42. The van der Waals surface area contributed by atoms with Crippen LogP contribution in [-0.2, 0) is 6.54 Å². The van der Waals surface area contributed by atoms with Gasteiger partial charge in [0.1, 0.15) is 5.82 Å². The molecule has 0 saturated carbocycles. The Morgan fingerprint density at radius 2 is 2.40 bits per heavy atom. The lowest BCUT2D eigenvalue weighted by molar-refractivity contribution is 0.355. The molecule has 3 heterocycles. The van der Waals surface area contributed by atoms with Crippen molar-refractivity contribution in [3.8, 4) is 0 Å². The minimum Gasteiger partial charge on any atom is -0.332 e. The molecule has 1 fully saturated rings. The monoisotopic (exact) mass is 205 g/mol. The number of fused-ring (bicyclic) bond motifs is 1. The van der Waals surface area contributed by atoms with Gasteiger partial charge in [-0.05, 0) is 45.2 Å². The average Bonchev–Trinajstić information content (AvgIpc) is 2.88. The number of imidazole rings is 1. The summed E-state index contributed by atoms with van der Waals surface area (Å²) in [5.74, 6) is 2.80. The third-order valence-corrected chi connectivity index (χ3v) is 4.03. The summed E-state index contributed by atoms with van der Waals surface area (Å²) in [5.41, 5.74) is 1.49. The van der Waals surface area contributed by atoms with Crippen molar-refractivity contribution >= 4 is 0 Å². The predicted molar refractivity (Wildman–Crippen MR) is 59.9 cm³/mol. The quantitative estimate of drug-likeness (QED) is 0.756. The van der Waals surface area contributed by atoms with E-state index in [1.807, 2.05) is 0 Å². The van der Waals surface area contributed by atoms with Crippen LogP contribution in [0.2, 0.25) is 0 Å². The van der Waals surface area contributed by atoms with Gasteiger partial charge in [0.05, 0.1) is 0 Å². The molecule has 1 aromatic heterocycles. The number of aryl methyl sites for hydroxylation is 1. The van der Waals surface area contributed by atoms with E-state index in [-0.39, 0.29) is 0 Å². The van der Waals surface area contributed by atoms with Gasteiger partial charge in [-0.1, -0.05) is 0 Å². The zero-order chi connectivity index (χ0) is 10.3. The van der Waals surface area contributed by atoms with Crippen LogP contribution < -0.4 is 5.32 Å². The van der Waals surface area contributed by atoms with Gasteiger partial charge < -0.3 is 9.88 Å². The number of hydrogen-bond donors (Lipinski definition) is 1. The molecule has 82 valence electrons. The third-order valence-electron chi connectivity index (χ3n) is 4.03. The van der Waals surface area contributed by atoms with Crippen molar-refractivity contribution in [3.63, 3.8) is 0 Å². The van der Waals surface area contributed by atoms with Gasteiger partial charge in [-0.3, -0.25) is 0 Å². The van der Waals surface area contributed by atoms with Crippen LogP contribution in [0.5, 0.6) is 0 Å². The van der Waals surface area contributed by atoms with E-state index in [9.17, 15) is 0 Å². The van der Waals surface area contributed by atoms with Crippen molar-refractivity contribution in [2.45, 2.75) is 38.6 Å². The summed E-state index contributed by atoms with van der Waals surface area (Å²) in [6.45, 7) is 5.71. The summed E-state index contributed by atoms with van der Waals surface area (Å²) in [5, 5.41) is 3.48. The van der Waals surface area contributed by atoms with Gasteiger partial charge in [-0.15, -0.1) is 0 Å². The summed E-state index contributed by atoms with van der Waals surface area (Å²) in [4.78, 5) is 4.46. The molecule has 3 heteroatoms. The van der Waals surface area contributed by atoms with Crippen molar-refractivity contribution in [2.24, 2.45) is 5.92 Å². The van der Waals surface area contributed by atoms with Crippen LogP contribution >= 0.6 is 0 Å². The molecule has 0 bridgehead atoms. The molecular formula is C12H19N3. The molecule has 2 atom stereocenters. The molecule has 2 aliphatic rings. The Kier molecular flexibility index (Phi) is 2.28. The molecule has 1 saturated heterocycles. The normalized spacial score (nSPS) is 30.5. The standard InChI is InChI=1S/C12H19N3/c1-9-14-8-12-11(3-2-6-15(9)12)10-4-5-13-7-10/h8,10-11,13H,2-7H2,1H3. The number of nitrogens with one attached hydrogen (secondary N) is 1. The Bertz CT molecular complexity index is 350. The Morgan fingerprint density at radius 1 is 1.47 bits per heavy atom. The van der Waals surface area contributed by atoms with Crippen LogP contribution in [0.15, 0.2) is 6.20 Å². The molecule has 15 heavy (non-hydrogen) atoms. The van der Waals surface area contributed by atoms with Gasteiger partial charge in [0, 0.05) is 24.4 Å². The first-order chi connectivity index (χ1) is 7.36. The maximum Gasteiger partial charge on any atom is 0.105 e. The second-order valence-electron chi connectivity index (χ2n) is 4.88. The molecule has 0 radical (unpaired) electrons. The first-order valence-corrected chi connectivity index (χ1v) is 6.09. The van der Waals surface area contributed by atoms with Crippen LogP contribution in [0.25, 0.3) is 0 Å². The highest BCUT2D eigenvalue weighted by Crippen LogP contribution is 2.36. The van der Waals surface area contributed by atoms with Gasteiger partial charge in [0.25, 0.3) is 0 Å². The highest BCUT2D eigenvalue weighted by atomic mass is 15.1. The molecule has 0 amide bonds. The van der Waals surface area contributed by atoms with Gasteiger partial charge in [-0.25, -0.2) is 4.98 Å². The van der Waals surface area contributed by atoms with E-state index < -0.39 is 0 Å². The fraction of sp³-hybridized carbons (Fsp3) is 0.750.